The van der Waals surface area contributed by atoms with Gasteiger partial charge in [-0.05, 0) is 42.7 Å². The Bertz CT molecular complexity index is 1540. The summed E-state index contributed by atoms with van der Waals surface area (Å²) in [6.07, 6.45) is 0.891. The largest absolute Gasteiger partial charge is 0.508 e. The van der Waals surface area contributed by atoms with Crippen LogP contribution in [0.4, 0.5) is 0 Å². The highest BCUT2D eigenvalue weighted by Gasteiger charge is 2.50. The van der Waals surface area contributed by atoms with Gasteiger partial charge in [-0.15, -0.1) is 0 Å². The normalized spacial score (nSPS) is 17.6. The molecule has 2 aliphatic heterocycles. The van der Waals surface area contributed by atoms with Gasteiger partial charge in [0, 0.05) is 29.4 Å². The van der Waals surface area contributed by atoms with E-state index in [1.165, 1.54) is 0 Å². The first-order chi connectivity index (χ1) is 17.7. The molecule has 0 unspecified atom stereocenters. The number of ketones is 1. The quantitative estimate of drug-likeness (QED) is 0.378. The monoisotopic (exact) mass is 504 g/mol. The third-order valence-corrected chi connectivity index (χ3v) is 7.40. The summed E-state index contributed by atoms with van der Waals surface area (Å²) in [4.78, 5) is 56.0. The fourth-order valence-corrected chi connectivity index (χ4v) is 5.37. The van der Waals surface area contributed by atoms with Crippen LogP contribution in [0.25, 0.3) is 22.3 Å². The maximum absolute atomic E-state index is 13.7. The second-order valence-electron chi connectivity index (χ2n) is 9.41. The molecule has 0 fully saturated rings. The molecular weight excluding hydrogens is 476 g/mol. The minimum Gasteiger partial charge on any atom is -0.508 e. The molecule has 0 amide bonds. The molecule has 4 heterocycles. The van der Waals surface area contributed by atoms with Gasteiger partial charge in [0.15, 0.2) is 0 Å². The second kappa shape index (κ2) is 9.14. The molecule has 1 atom stereocenters. The van der Waals surface area contributed by atoms with Crippen LogP contribution in [-0.4, -0.2) is 32.4 Å². The van der Waals surface area contributed by atoms with E-state index >= 15 is 0 Å². The lowest BCUT2D eigenvalue weighted by Gasteiger charge is -2.35. The smallest absolute Gasteiger partial charge is 0.355 e. The number of benzene rings is 1. The van der Waals surface area contributed by atoms with Gasteiger partial charge in [-0.2, -0.15) is 0 Å². The van der Waals surface area contributed by atoms with Gasteiger partial charge in [-0.3, -0.25) is 14.4 Å². The predicted molar refractivity (Wildman–Crippen MR) is 134 cm³/mol. The van der Waals surface area contributed by atoms with E-state index in [1.807, 2.05) is 6.92 Å². The first-order valence-corrected chi connectivity index (χ1v) is 12.6. The average Bonchev–Trinajstić information content (AvgIpc) is 3.26. The molecule has 0 saturated heterocycles. The Kier molecular flexibility index (Phi) is 6.09. The van der Waals surface area contributed by atoms with Crippen LogP contribution in [0.3, 0.4) is 0 Å². The number of pyridine rings is 2. The number of aromatic nitrogens is 2. The van der Waals surface area contributed by atoms with Crippen molar-refractivity contribution >= 4 is 28.6 Å². The summed E-state index contributed by atoms with van der Waals surface area (Å²) in [5.41, 5.74) is 2.15. The third-order valence-electron chi connectivity index (χ3n) is 7.40. The van der Waals surface area contributed by atoms with Crippen LogP contribution >= 0.6 is 0 Å². The molecule has 0 spiro atoms. The van der Waals surface area contributed by atoms with Gasteiger partial charge in [-0.1, -0.05) is 20.8 Å². The molecule has 0 aliphatic carbocycles. The Morgan fingerprint density at radius 1 is 1.14 bits per heavy atom. The first kappa shape index (κ1) is 24.7. The number of esters is 2. The van der Waals surface area contributed by atoms with E-state index in [9.17, 15) is 24.3 Å². The van der Waals surface area contributed by atoms with Gasteiger partial charge in [0.2, 0.25) is 5.60 Å². The molecule has 37 heavy (non-hydrogen) atoms. The van der Waals surface area contributed by atoms with Crippen molar-refractivity contribution in [1.29, 1.82) is 0 Å². The summed E-state index contributed by atoms with van der Waals surface area (Å²) >= 11 is 0. The fraction of sp³-hybridized carbons (Fsp3) is 0.393. The molecule has 0 saturated carbocycles. The SMILES string of the molecule is CCC(=O)CCC(=O)O[C@]1(CC)C(=O)OCc2c1cc1n(c2=O)Cc2c-1nc1ccc(O)cc1c2CC. The van der Waals surface area contributed by atoms with Crippen molar-refractivity contribution in [1.82, 2.24) is 9.55 Å². The van der Waals surface area contributed by atoms with E-state index in [1.54, 1.807) is 42.7 Å². The van der Waals surface area contributed by atoms with Crippen molar-refractivity contribution < 1.29 is 29.0 Å². The van der Waals surface area contributed by atoms with Gasteiger partial charge >= 0.3 is 11.9 Å². The lowest BCUT2D eigenvalue weighted by molar-refractivity contribution is -0.189. The van der Waals surface area contributed by atoms with Crippen molar-refractivity contribution in [3.05, 3.63) is 56.9 Å². The molecule has 192 valence electrons. The number of Topliss-reactive ketones (excluding diaryl/α,β-unsaturated/α-hetero) is 1. The molecule has 1 N–H and O–H groups in total. The highest BCUT2D eigenvalue weighted by atomic mass is 16.6. The zero-order valence-electron chi connectivity index (χ0n) is 21.1. The van der Waals surface area contributed by atoms with Crippen LogP contribution in [0.1, 0.15) is 68.7 Å². The second-order valence-corrected chi connectivity index (χ2v) is 9.41. The highest BCUT2D eigenvalue weighted by molar-refractivity contribution is 5.91. The fourth-order valence-electron chi connectivity index (χ4n) is 5.37. The van der Waals surface area contributed by atoms with Crippen molar-refractivity contribution in [3.8, 4) is 17.1 Å². The molecule has 5 rings (SSSR count). The number of nitrogens with zero attached hydrogens (tertiary/aromatic N) is 2. The summed E-state index contributed by atoms with van der Waals surface area (Å²) in [5.74, 6) is -1.39. The standard InChI is InChI=1S/C28H28N2O7/c1-4-15(31)8-10-24(33)37-28(6-3)21-12-23-25-19(13-30(23)26(34)20(21)14-36-27(28)35)17(5-2)18-11-16(32)7-9-22(18)29-25/h7,9,11-12,32H,4-6,8,10,13-14H2,1-3H3/t28-/m0/s1. The van der Waals surface area contributed by atoms with Crippen molar-refractivity contribution in [2.24, 2.45) is 0 Å². The number of aryl methyl sites for hydroxylation is 1. The average molecular weight is 505 g/mol. The van der Waals surface area contributed by atoms with E-state index in [0.717, 1.165) is 16.5 Å². The minimum absolute atomic E-state index is 0.0175. The van der Waals surface area contributed by atoms with Crippen molar-refractivity contribution in [2.45, 2.75) is 71.6 Å². The molecule has 1 aromatic carbocycles. The van der Waals surface area contributed by atoms with E-state index in [-0.39, 0.29) is 48.5 Å². The summed E-state index contributed by atoms with van der Waals surface area (Å²) in [6, 6.07) is 6.69. The molecule has 2 aromatic heterocycles. The van der Waals surface area contributed by atoms with Gasteiger partial charge in [-0.25, -0.2) is 9.78 Å². The summed E-state index contributed by atoms with van der Waals surface area (Å²) < 4.78 is 12.7. The maximum Gasteiger partial charge on any atom is 0.355 e. The molecular formula is C28H28N2O7. The Morgan fingerprint density at radius 3 is 2.62 bits per heavy atom. The summed E-state index contributed by atoms with van der Waals surface area (Å²) in [5, 5.41) is 10.9. The molecule has 3 aromatic rings. The van der Waals surface area contributed by atoms with Gasteiger partial charge in [0.25, 0.3) is 5.56 Å². The topological polar surface area (TPSA) is 125 Å². The molecule has 9 heteroatoms. The molecule has 0 radical (unpaired) electrons. The number of carbonyl (C=O) groups is 3. The lowest BCUT2D eigenvalue weighted by atomic mass is 9.85. The van der Waals surface area contributed by atoms with Gasteiger partial charge in [0.1, 0.15) is 18.1 Å². The Morgan fingerprint density at radius 2 is 1.92 bits per heavy atom. The predicted octanol–water partition coefficient (Wildman–Crippen LogP) is 3.66. The van der Waals surface area contributed by atoms with Crippen LogP contribution in [-0.2, 0) is 49.0 Å². The number of aromatic hydroxyl groups is 1. The Labute approximate surface area is 213 Å². The Hall–Kier alpha value is -4.01. The molecule has 2 aliphatic rings. The number of hydrogen-bond acceptors (Lipinski definition) is 8. The number of cyclic esters (lactones) is 1. The summed E-state index contributed by atoms with van der Waals surface area (Å²) in [6.45, 7) is 5.48. The zero-order valence-corrected chi connectivity index (χ0v) is 21.1. The number of rotatable bonds is 7. The van der Waals surface area contributed by atoms with E-state index < -0.39 is 17.5 Å². The van der Waals surface area contributed by atoms with Crippen LogP contribution in [0.5, 0.6) is 5.75 Å². The van der Waals surface area contributed by atoms with Crippen LogP contribution in [0.15, 0.2) is 29.1 Å². The van der Waals surface area contributed by atoms with Crippen molar-refractivity contribution in [2.75, 3.05) is 0 Å². The third kappa shape index (κ3) is 3.80. The number of hydrogen-bond donors (Lipinski definition) is 1. The Balaban J connectivity index is 1.67. The molecule has 9 nitrogen and oxygen atoms in total. The van der Waals surface area contributed by atoms with Crippen LogP contribution in [0, 0.1) is 0 Å². The van der Waals surface area contributed by atoms with E-state index in [0.29, 0.717) is 41.9 Å². The summed E-state index contributed by atoms with van der Waals surface area (Å²) in [7, 11) is 0. The van der Waals surface area contributed by atoms with Crippen LogP contribution in [0.2, 0.25) is 0 Å². The zero-order chi connectivity index (χ0) is 26.5. The first-order valence-electron chi connectivity index (χ1n) is 12.6. The maximum atomic E-state index is 13.7. The van der Waals surface area contributed by atoms with Gasteiger partial charge in [0.05, 0.1) is 35.4 Å². The number of phenolic OH excluding ortho intramolecular Hbond substituents is 1. The molecule has 0 bridgehead atoms. The van der Waals surface area contributed by atoms with Crippen LogP contribution < -0.4 is 5.56 Å². The van der Waals surface area contributed by atoms with E-state index in [2.05, 4.69) is 0 Å². The lowest BCUT2D eigenvalue weighted by Crippen LogP contribution is -2.47. The van der Waals surface area contributed by atoms with Gasteiger partial charge < -0.3 is 19.1 Å². The minimum atomic E-state index is -1.78. The number of ether oxygens (including phenoxy) is 2. The van der Waals surface area contributed by atoms with E-state index in [4.69, 9.17) is 14.5 Å². The number of carbonyl (C=O) groups excluding carboxylic acids is 3. The van der Waals surface area contributed by atoms with Crippen molar-refractivity contribution in [3.63, 3.8) is 0 Å². The number of phenols is 1. The number of fused-ring (bicyclic) bond motifs is 5. The highest BCUT2D eigenvalue weighted by Crippen LogP contribution is 2.42.